The molecule has 2 heterocycles. The first kappa shape index (κ1) is 19.0. The quantitative estimate of drug-likeness (QED) is 0.499. The van der Waals surface area contributed by atoms with Crippen molar-refractivity contribution in [2.45, 2.75) is 32.5 Å². The van der Waals surface area contributed by atoms with E-state index in [1.165, 1.54) is 5.56 Å². The standard InChI is InChI=1S/C25H23ClN2O2/c1-3-29-20-11-8-17(9-12-20)22-15-23-21-14-19(26)10-13-24(21)30-25(28(23)27-22)18-6-4-16(2)5-7-18/h4-14,23,25H,3,15H2,1-2H3/t23-,25-/m1/s1. The minimum atomic E-state index is -0.274. The number of rotatable bonds is 4. The van der Waals surface area contributed by atoms with E-state index in [1.54, 1.807) is 0 Å². The van der Waals surface area contributed by atoms with E-state index in [1.807, 2.05) is 37.3 Å². The lowest BCUT2D eigenvalue weighted by molar-refractivity contribution is -0.0190. The van der Waals surface area contributed by atoms with Gasteiger partial charge in [-0.15, -0.1) is 0 Å². The molecule has 152 valence electrons. The van der Waals surface area contributed by atoms with Crippen LogP contribution in [0, 0.1) is 6.92 Å². The lowest BCUT2D eigenvalue weighted by Gasteiger charge is -2.38. The Hall–Kier alpha value is -2.98. The molecular weight excluding hydrogens is 396 g/mol. The molecule has 0 unspecified atom stereocenters. The van der Waals surface area contributed by atoms with Crippen molar-refractivity contribution in [2.24, 2.45) is 5.10 Å². The van der Waals surface area contributed by atoms with Crippen molar-refractivity contribution in [3.8, 4) is 11.5 Å². The van der Waals surface area contributed by atoms with Crippen LogP contribution in [0.25, 0.3) is 0 Å². The number of ether oxygens (including phenoxy) is 2. The molecule has 3 aromatic rings. The Kier molecular flexibility index (Phi) is 4.87. The molecule has 5 rings (SSSR count). The summed E-state index contributed by atoms with van der Waals surface area (Å²) in [7, 11) is 0. The van der Waals surface area contributed by atoms with E-state index in [0.29, 0.717) is 11.6 Å². The summed E-state index contributed by atoms with van der Waals surface area (Å²) in [5.41, 5.74) is 5.52. The van der Waals surface area contributed by atoms with Gasteiger partial charge in [0.1, 0.15) is 11.5 Å². The zero-order valence-electron chi connectivity index (χ0n) is 17.0. The second-order valence-corrected chi connectivity index (χ2v) is 8.10. The van der Waals surface area contributed by atoms with E-state index in [4.69, 9.17) is 26.2 Å². The van der Waals surface area contributed by atoms with Crippen LogP contribution in [0.3, 0.4) is 0 Å². The van der Waals surface area contributed by atoms with Gasteiger partial charge in [-0.3, -0.25) is 0 Å². The fraction of sp³-hybridized carbons (Fsp3) is 0.240. The molecule has 2 aliphatic heterocycles. The van der Waals surface area contributed by atoms with Crippen molar-refractivity contribution in [3.63, 3.8) is 0 Å². The van der Waals surface area contributed by atoms with Crippen molar-refractivity contribution < 1.29 is 9.47 Å². The van der Waals surface area contributed by atoms with Gasteiger partial charge in [-0.2, -0.15) is 5.10 Å². The Bertz CT molecular complexity index is 1090. The molecule has 0 saturated carbocycles. The summed E-state index contributed by atoms with van der Waals surface area (Å²) in [6.07, 6.45) is 0.525. The third-order valence-electron chi connectivity index (χ3n) is 5.61. The Morgan fingerprint density at radius 1 is 1.07 bits per heavy atom. The van der Waals surface area contributed by atoms with Crippen LogP contribution in [0.1, 0.15) is 47.9 Å². The highest BCUT2D eigenvalue weighted by Gasteiger charge is 2.41. The zero-order chi connectivity index (χ0) is 20.7. The van der Waals surface area contributed by atoms with E-state index in [9.17, 15) is 0 Å². The van der Waals surface area contributed by atoms with Gasteiger partial charge in [0.05, 0.1) is 18.4 Å². The molecule has 2 atom stereocenters. The fourth-order valence-corrected chi connectivity index (χ4v) is 4.27. The predicted molar refractivity (Wildman–Crippen MR) is 119 cm³/mol. The maximum Gasteiger partial charge on any atom is 0.213 e. The molecule has 30 heavy (non-hydrogen) atoms. The summed E-state index contributed by atoms with van der Waals surface area (Å²) in [6.45, 7) is 4.73. The van der Waals surface area contributed by atoms with Gasteiger partial charge in [0.25, 0.3) is 0 Å². The number of aryl methyl sites for hydroxylation is 1. The van der Waals surface area contributed by atoms with Crippen molar-refractivity contribution in [1.82, 2.24) is 5.01 Å². The summed E-state index contributed by atoms with van der Waals surface area (Å²) >= 11 is 6.31. The summed E-state index contributed by atoms with van der Waals surface area (Å²) in [6, 6.07) is 22.5. The van der Waals surface area contributed by atoms with Gasteiger partial charge in [0.15, 0.2) is 0 Å². The highest BCUT2D eigenvalue weighted by atomic mass is 35.5. The molecule has 0 aromatic heterocycles. The monoisotopic (exact) mass is 418 g/mol. The molecule has 2 aliphatic rings. The molecular formula is C25H23ClN2O2. The minimum Gasteiger partial charge on any atom is -0.494 e. The van der Waals surface area contributed by atoms with Gasteiger partial charge in [-0.05, 0) is 61.9 Å². The lowest BCUT2D eigenvalue weighted by Crippen LogP contribution is -2.33. The summed E-state index contributed by atoms with van der Waals surface area (Å²) in [5, 5.41) is 7.79. The molecule has 0 bridgehead atoms. The molecule has 5 heteroatoms. The van der Waals surface area contributed by atoms with Crippen LogP contribution in [0.5, 0.6) is 11.5 Å². The molecule has 0 N–H and O–H groups in total. The topological polar surface area (TPSA) is 34.1 Å². The Labute approximate surface area is 181 Å². The Morgan fingerprint density at radius 3 is 2.57 bits per heavy atom. The van der Waals surface area contributed by atoms with Crippen LogP contribution in [0.4, 0.5) is 0 Å². The highest BCUT2D eigenvalue weighted by molar-refractivity contribution is 6.30. The van der Waals surface area contributed by atoms with E-state index >= 15 is 0 Å². The summed E-state index contributed by atoms with van der Waals surface area (Å²) in [4.78, 5) is 0. The fourth-order valence-electron chi connectivity index (χ4n) is 4.09. The molecule has 4 nitrogen and oxygen atoms in total. The molecule has 0 spiro atoms. The van der Waals surface area contributed by atoms with Crippen LogP contribution >= 0.6 is 11.6 Å². The lowest BCUT2D eigenvalue weighted by atomic mass is 9.96. The van der Waals surface area contributed by atoms with E-state index in [0.717, 1.165) is 40.3 Å². The second-order valence-electron chi connectivity index (χ2n) is 7.67. The van der Waals surface area contributed by atoms with Crippen LogP contribution < -0.4 is 9.47 Å². The third-order valence-corrected chi connectivity index (χ3v) is 5.85. The highest BCUT2D eigenvalue weighted by Crippen LogP contribution is 2.48. The Balaban J connectivity index is 1.54. The maximum atomic E-state index is 6.40. The van der Waals surface area contributed by atoms with Gasteiger partial charge in [0, 0.05) is 22.6 Å². The van der Waals surface area contributed by atoms with Gasteiger partial charge in [-0.25, -0.2) is 5.01 Å². The predicted octanol–water partition coefficient (Wildman–Crippen LogP) is 6.29. The van der Waals surface area contributed by atoms with Crippen LogP contribution in [0.2, 0.25) is 5.02 Å². The van der Waals surface area contributed by atoms with Crippen molar-refractivity contribution >= 4 is 17.3 Å². The van der Waals surface area contributed by atoms with E-state index in [-0.39, 0.29) is 12.3 Å². The number of hydrogen-bond donors (Lipinski definition) is 0. The van der Waals surface area contributed by atoms with Crippen molar-refractivity contribution in [2.75, 3.05) is 6.61 Å². The average Bonchev–Trinajstić information content (AvgIpc) is 3.21. The molecule has 3 aromatic carbocycles. The number of hydrazone groups is 1. The molecule has 0 fully saturated rings. The smallest absolute Gasteiger partial charge is 0.213 e. The number of nitrogens with zero attached hydrogens (tertiary/aromatic N) is 2. The Morgan fingerprint density at radius 2 is 1.83 bits per heavy atom. The second kappa shape index (κ2) is 7.69. The van der Waals surface area contributed by atoms with Gasteiger partial charge in [-0.1, -0.05) is 41.4 Å². The van der Waals surface area contributed by atoms with E-state index in [2.05, 4.69) is 48.3 Å². The molecule has 0 radical (unpaired) electrons. The maximum absolute atomic E-state index is 6.40. The molecule has 0 amide bonds. The SMILES string of the molecule is CCOc1ccc(C2=NN3[C@H](C2)c2cc(Cl)ccc2O[C@@H]3c2ccc(C)cc2)cc1. The summed E-state index contributed by atoms with van der Waals surface area (Å²) < 4.78 is 12.0. The van der Waals surface area contributed by atoms with Gasteiger partial charge < -0.3 is 9.47 Å². The zero-order valence-corrected chi connectivity index (χ0v) is 17.8. The first-order chi connectivity index (χ1) is 14.6. The molecule has 0 aliphatic carbocycles. The number of fused-ring (bicyclic) bond motifs is 3. The van der Waals surface area contributed by atoms with Gasteiger partial charge in [0.2, 0.25) is 6.23 Å². The first-order valence-electron chi connectivity index (χ1n) is 10.2. The average molecular weight is 419 g/mol. The number of hydrogen-bond acceptors (Lipinski definition) is 4. The van der Waals surface area contributed by atoms with Crippen LogP contribution in [-0.2, 0) is 0 Å². The van der Waals surface area contributed by atoms with Crippen LogP contribution in [-0.4, -0.2) is 17.3 Å². The van der Waals surface area contributed by atoms with Crippen molar-refractivity contribution in [3.05, 3.63) is 94.0 Å². The van der Waals surface area contributed by atoms with E-state index < -0.39 is 0 Å². The first-order valence-corrected chi connectivity index (χ1v) is 10.6. The third kappa shape index (κ3) is 3.41. The normalized spacial score (nSPS) is 19.6. The van der Waals surface area contributed by atoms with Crippen LogP contribution in [0.15, 0.2) is 71.8 Å². The van der Waals surface area contributed by atoms with Gasteiger partial charge >= 0.3 is 0 Å². The largest absolute Gasteiger partial charge is 0.494 e. The minimum absolute atomic E-state index is 0.0836. The van der Waals surface area contributed by atoms with Crippen molar-refractivity contribution in [1.29, 1.82) is 0 Å². The number of halogens is 1. The number of benzene rings is 3. The summed E-state index contributed by atoms with van der Waals surface area (Å²) in [5.74, 6) is 1.74. The molecule has 0 saturated heterocycles.